The Labute approximate surface area is 168 Å². The number of nitrogens with zero attached hydrogens (tertiary/aromatic N) is 2. The molecule has 2 aromatic rings. The van der Waals surface area contributed by atoms with Gasteiger partial charge >= 0.3 is 0 Å². The molecule has 1 N–H and O–H groups in total. The van der Waals surface area contributed by atoms with Gasteiger partial charge in [-0.25, -0.2) is 4.39 Å². The molecule has 2 aliphatic rings. The number of benzene rings is 2. The molecule has 0 aliphatic carbocycles. The maximum absolute atomic E-state index is 13.9. The summed E-state index contributed by atoms with van der Waals surface area (Å²) < 4.78 is 13.9. The molecule has 0 unspecified atom stereocenters. The highest BCUT2D eigenvalue weighted by atomic mass is 19.1. The maximum Gasteiger partial charge on any atom is 0.229 e. The number of carbonyl (C=O) groups is 3. The quantitative estimate of drug-likeness (QED) is 0.869. The lowest BCUT2D eigenvalue weighted by Crippen LogP contribution is -2.28. The van der Waals surface area contributed by atoms with Gasteiger partial charge in [0.1, 0.15) is 5.82 Å². The predicted octanol–water partition coefficient (Wildman–Crippen LogP) is 3.03. The van der Waals surface area contributed by atoms with E-state index in [0.717, 1.165) is 28.9 Å². The van der Waals surface area contributed by atoms with Crippen LogP contribution in [0.5, 0.6) is 0 Å². The summed E-state index contributed by atoms with van der Waals surface area (Å²) in [5, 5.41) is 2.61. The highest BCUT2D eigenvalue weighted by Gasteiger charge is 2.36. The fourth-order valence-corrected chi connectivity index (χ4v) is 3.99. The second-order valence-electron chi connectivity index (χ2n) is 7.61. The smallest absolute Gasteiger partial charge is 0.229 e. The van der Waals surface area contributed by atoms with E-state index in [0.29, 0.717) is 6.54 Å². The average Bonchev–Trinajstić information content (AvgIpc) is 3.27. The van der Waals surface area contributed by atoms with Gasteiger partial charge in [0.15, 0.2) is 0 Å². The Balaban J connectivity index is 1.49. The van der Waals surface area contributed by atoms with Crippen LogP contribution >= 0.6 is 0 Å². The molecule has 2 heterocycles. The highest BCUT2D eigenvalue weighted by molar-refractivity contribution is 6.04. The Morgan fingerprint density at radius 3 is 2.72 bits per heavy atom. The van der Waals surface area contributed by atoms with Crippen molar-refractivity contribution < 1.29 is 18.8 Å². The summed E-state index contributed by atoms with van der Waals surface area (Å²) in [6.45, 7) is 4.23. The highest BCUT2D eigenvalue weighted by Crippen LogP contribution is 2.34. The van der Waals surface area contributed by atoms with E-state index < -0.39 is 11.7 Å². The van der Waals surface area contributed by atoms with Crippen molar-refractivity contribution in [2.24, 2.45) is 5.92 Å². The maximum atomic E-state index is 13.9. The molecule has 2 aromatic carbocycles. The summed E-state index contributed by atoms with van der Waals surface area (Å²) in [6, 6.07) is 10.1. The third-order valence-electron chi connectivity index (χ3n) is 5.53. The largest absolute Gasteiger partial charge is 0.323 e. The Bertz CT molecular complexity index is 1020. The number of hydrogen-bond donors (Lipinski definition) is 1. The van der Waals surface area contributed by atoms with Crippen molar-refractivity contribution >= 4 is 34.8 Å². The zero-order chi connectivity index (χ0) is 20.7. The number of halogens is 1. The molecule has 3 amide bonds. The first-order valence-electron chi connectivity index (χ1n) is 9.62. The van der Waals surface area contributed by atoms with E-state index in [2.05, 4.69) is 5.32 Å². The first kappa shape index (κ1) is 19.1. The predicted molar refractivity (Wildman–Crippen MR) is 108 cm³/mol. The average molecular weight is 395 g/mol. The molecule has 0 bridgehead atoms. The summed E-state index contributed by atoms with van der Waals surface area (Å²) in [5.74, 6) is -1.57. The van der Waals surface area contributed by atoms with Crippen LogP contribution in [0.2, 0.25) is 0 Å². The van der Waals surface area contributed by atoms with Crippen molar-refractivity contribution in [2.45, 2.75) is 26.7 Å². The number of nitrogens with one attached hydrogen (secondary N) is 1. The van der Waals surface area contributed by atoms with Crippen LogP contribution < -0.4 is 15.1 Å². The minimum absolute atomic E-state index is 0.00568. The Morgan fingerprint density at radius 2 is 1.97 bits per heavy atom. The number of fused-ring (bicyclic) bond motifs is 1. The summed E-state index contributed by atoms with van der Waals surface area (Å²) in [5.41, 5.74) is 3.57. The molecule has 0 aromatic heterocycles. The van der Waals surface area contributed by atoms with Crippen LogP contribution in [0.4, 0.5) is 21.5 Å². The molecule has 6 nitrogen and oxygen atoms in total. The molecular formula is C22H22FN3O3. The van der Waals surface area contributed by atoms with Crippen molar-refractivity contribution in [1.29, 1.82) is 0 Å². The topological polar surface area (TPSA) is 69.7 Å². The lowest BCUT2D eigenvalue weighted by molar-refractivity contribution is -0.122. The van der Waals surface area contributed by atoms with Gasteiger partial charge in [0.2, 0.25) is 17.7 Å². The second-order valence-corrected chi connectivity index (χ2v) is 7.61. The van der Waals surface area contributed by atoms with Crippen LogP contribution in [-0.4, -0.2) is 30.8 Å². The molecule has 0 radical (unpaired) electrons. The van der Waals surface area contributed by atoms with Gasteiger partial charge in [0.05, 0.1) is 11.6 Å². The molecule has 29 heavy (non-hydrogen) atoms. The van der Waals surface area contributed by atoms with Gasteiger partial charge in [-0.05, 0) is 54.8 Å². The van der Waals surface area contributed by atoms with Gasteiger partial charge in [0.25, 0.3) is 0 Å². The monoisotopic (exact) mass is 395 g/mol. The SMILES string of the molecule is CC(=O)N1CCc2cc(N3C[C@H](C(=O)Nc4cc(C)ccc4F)CC3=O)ccc21. The molecular weight excluding hydrogens is 373 g/mol. The van der Waals surface area contributed by atoms with Crippen LogP contribution in [0.25, 0.3) is 0 Å². The van der Waals surface area contributed by atoms with E-state index in [4.69, 9.17) is 0 Å². The molecule has 1 atom stereocenters. The van der Waals surface area contributed by atoms with Gasteiger partial charge in [-0.3, -0.25) is 14.4 Å². The van der Waals surface area contributed by atoms with E-state index in [1.807, 2.05) is 19.1 Å². The zero-order valence-corrected chi connectivity index (χ0v) is 16.4. The van der Waals surface area contributed by atoms with Crippen molar-refractivity contribution in [2.75, 3.05) is 28.2 Å². The fourth-order valence-electron chi connectivity index (χ4n) is 3.99. The molecule has 1 fully saturated rings. The van der Waals surface area contributed by atoms with E-state index in [9.17, 15) is 18.8 Å². The summed E-state index contributed by atoms with van der Waals surface area (Å²) in [4.78, 5) is 40.2. The third-order valence-corrected chi connectivity index (χ3v) is 5.53. The van der Waals surface area contributed by atoms with Gasteiger partial charge < -0.3 is 15.1 Å². The summed E-state index contributed by atoms with van der Waals surface area (Å²) in [6.07, 6.45) is 0.817. The van der Waals surface area contributed by atoms with E-state index in [1.54, 1.807) is 28.0 Å². The van der Waals surface area contributed by atoms with Crippen molar-refractivity contribution in [1.82, 2.24) is 0 Å². The van der Waals surface area contributed by atoms with Gasteiger partial charge in [-0.2, -0.15) is 0 Å². The Hall–Kier alpha value is -3.22. The van der Waals surface area contributed by atoms with E-state index in [1.165, 1.54) is 13.0 Å². The minimum Gasteiger partial charge on any atom is -0.323 e. The number of rotatable bonds is 3. The molecule has 7 heteroatoms. The van der Waals surface area contributed by atoms with Crippen LogP contribution in [0.1, 0.15) is 24.5 Å². The van der Waals surface area contributed by atoms with Gasteiger partial charge in [-0.15, -0.1) is 0 Å². The van der Waals surface area contributed by atoms with E-state index in [-0.39, 0.29) is 36.4 Å². The molecule has 1 saturated heterocycles. The van der Waals surface area contributed by atoms with Crippen LogP contribution in [0.3, 0.4) is 0 Å². The Kier molecular flexibility index (Phi) is 4.82. The Morgan fingerprint density at radius 1 is 1.17 bits per heavy atom. The first-order chi connectivity index (χ1) is 13.8. The first-order valence-corrected chi connectivity index (χ1v) is 9.62. The fraction of sp³-hybridized carbons (Fsp3) is 0.318. The lowest BCUT2D eigenvalue weighted by atomic mass is 10.1. The molecule has 150 valence electrons. The second kappa shape index (κ2) is 7.31. The minimum atomic E-state index is -0.551. The molecule has 4 rings (SSSR count). The number of anilines is 3. The van der Waals surface area contributed by atoms with Gasteiger partial charge in [-0.1, -0.05) is 6.07 Å². The normalized spacial score (nSPS) is 18.2. The van der Waals surface area contributed by atoms with Crippen molar-refractivity contribution in [3.05, 3.63) is 53.3 Å². The summed E-state index contributed by atoms with van der Waals surface area (Å²) in [7, 11) is 0. The number of amides is 3. The molecule has 0 saturated carbocycles. The molecule has 0 spiro atoms. The van der Waals surface area contributed by atoms with E-state index >= 15 is 0 Å². The molecule has 2 aliphatic heterocycles. The van der Waals surface area contributed by atoms with Crippen molar-refractivity contribution in [3.63, 3.8) is 0 Å². The summed E-state index contributed by atoms with van der Waals surface area (Å²) >= 11 is 0. The number of aryl methyl sites for hydroxylation is 1. The van der Waals surface area contributed by atoms with Crippen LogP contribution in [-0.2, 0) is 20.8 Å². The standard InChI is InChI=1S/C22H22FN3O3/c1-13-3-5-18(23)19(9-13)24-22(29)16-11-21(28)26(12-16)17-4-6-20-15(10-17)7-8-25(20)14(2)27/h3-6,9-10,16H,7-8,11-12H2,1-2H3,(H,24,29)/t16-/m1/s1. The number of carbonyl (C=O) groups excluding carboxylic acids is 3. The van der Waals surface area contributed by atoms with Crippen molar-refractivity contribution in [3.8, 4) is 0 Å². The lowest BCUT2D eigenvalue weighted by Gasteiger charge is -2.19. The van der Waals surface area contributed by atoms with Gasteiger partial charge in [0, 0.05) is 37.8 Å². The zero-order valence-electron chi connectivity index (χ0n) is 16.4. The third kappa shape index (κ3) is 3.60. The van der Waals surface area contributed by atoms with Crippen LogP contribution in [0, 0.1) is 18.7 Å². The van der Waals surface area contributed by atoms with Crippen LogP contribution in [0.15, 0.2) is 36.4 Å². The number of hydrogen-bond acceptors (Lipinski definition) is 3.